The number of thioether (sulfide) groups is 1. The van der Waals surface area contributed by atoms with Gasteiger partial charge in [-0.2, -0.15) is 13.2 Å². The van der Waals surface area contributed by atoms with Crippen LogP contribution in [0.2, 0.25) is 5.02 Å². The number of nitrogens with zero attached hydrogens (tertiary/aromatic N) is 2. The van der Waals surface area contributed by atoms with E-state index in [1.165, 1.54) is 23.9 Å². The van der Waals surface area contributed by atoms with Gasteiger partial charge in [0.1, 0.15) is 5.75 Å². The highest BCUT2D eigenvalue weighted by Gasteiger charge is 2.48. The Morgan fingerprint density at radius 2 is 1.53 bits per heavy atom. The lowest BCUT2D eigenvalue weighted by atomic mass is 9.84. The summed E-state index contributed by atoms with van der Waals surface area (Å²) in [5, 5.41) is 21.6. The number of anilines is 1. The van der Waals surface area contributed by atoms with Gasteiger partial charge in [-0.15, -0.1) is 11.8 Å². The van der Waals surface area contributed by atoms with Crippen LogP contribution in [0.25, 0.3) is 11.1 Å². The Labute approximate surface area is 383 Å². The van der Waals surface area contributed by atoms with Gasteiger partial charge in [0.2, 0.25) is 0 Å². The smallest absolute Gasteiger partial charge is 0.395 e. The largest absolute Gasteiger partial charge is 0.501 e. The molecule has 0 unspecified atom stereocenters. The van der Waals surface area contributed by atoms with E-state index in [-0.39, 0.29) is 36.0 Å². The Bertz CT molecular complexity index is 2560. The molecule has 64 heavy (non-hydrogen) atoms. The van der Waals surface area contributed by atoms with Gasteiger partial charge in [0, 0.05) is 46.6 Å². The number of rotatable bonds is 20. The zero-order chi connectivity index (χ0) is 46.1. The van der Waals surface area contributed by atoms with Crippen molar-refractivity contribution in [3.63, 3.8) is 0 Å². The van der Waals surface area contributed by atoms with Gasteiger partial charge >= 0.3 is 5.51 Å². The van der Waals surface area contributed by atoms with Crippen LogP contribution in [0.15, 0.2) is 136 Å². The highest BCUT2D eigenvalue weighted by atomic mass is 35.5. The third-order valence-electron chi connectivity index (χ3n) is 11.7. The second kappa shape index (κ2) is 21.8. The lowest BCUT2D eigenvalue weighted by Crippen LogP contribution is -2.35. The summed E-state index contributed by atoms with van der Waals surface area (Å²) < 4.78 is 96.0. The molecule has 5 aromatic rings. The Hall–Kier alpha value is -4.22. The zero-order valence-corrected chi connectivity index (χ0v) is 38.5. The number of hydrogen-bond acceptors (Lipinski definition) is 10. The number of halogens is 4. The number of hydrogen-bond donors (Lipinski definition) is 2. The molecule has 9 nitrogen and oxygen atoms in total. The summed E-state index contributed by atoms with van der Waals surface area (Å²) in [6, 6.07) is 33.7. The van der Waals surface area contributed by atoms with Gasteiger partial charge in [-0.25, -0.2) is 16.8 Å². The molecule has 5 aromatic carbocycles. The van der Waals surface area contributed by atoms with Gasteiger partial charge < -0.3 is 20.0 Å². The molecular formula is C48H52ClF3N2O7S3. The van der Waals surface area contributed by atoms with E-state index in [4.69, 9.17) is 11.6 Å². The number of benzene rings is 5. The molecule has 16 heteroatoms. The van der Waals surface area contributed by atoms with Crippen molar-refractivity contribution in [3.8, 4) is 11.1 Å². The second-order valence-corrected chi connectivity index (χ2v) is 21.4. The highest BCUT2D eigenvalue weighted by Crippen LogP contribution is 2.39. The molecular weight excluding hydrogens is 905 g/mol. The normalized spacial score (nSPS) is 15.0. The van der Waals surface area contributed by atoms with Crippen LogP contribution in [-0.2, 0) is 26.1 Å². The Morgan fingerprint density at radius 3 is 2.17 bits per heavy atom. The third-order valence-corrected chi connectivity index (χ3v) is 16.4. The van der Waals surface area contributed by atoms with Crippen molar-refractivity contribution in [2.24, 2.45) is 11.8 Å². The first-order chi connectivity index (χ1) is 30.5. The van der Waals surface area contributed by atoms with Gasteiger partial charge in [0.25, 0.3) is 9.84 Å². The molecule has 0 radical (unpaired) electrons. The summed E-state index contributed by atoms with van der Waals surface area (Å²) in [6.07, 6.45) is 1.06. The number of alkyl halides is 3. The van der Waals surface area contributed by atoms with E-state index >= 15 is 0 Å². The van der Waals surface area contributed by atoms with E-state index in [1.807, 2.05) is 90.7 Å². The molecule has 1 saturated heterocycles. The molecule has 0 aliphatic carbocycles. The van der Waals surface area contributed by atoms with Crippen LogP contribution in [-0.4, -0.2) is 94.1 Å². The Kier molecular flexibility index (Phi) is 16.8. The van der Waals surface area contributed by atoms with E-state index in [2.05, 4.69) is 4.90 Å². The highest BCUT2D eigenvalue weighted by molar-refractivity contribution is 7.99. The maximum Gasteiger partial charge on any atom is 0.501 e. The fourth-order valence-electron chi connectivity index (χ4n) is 8.06. The van der Waals surface area contributed by atoms with Crippen LogP contribution in [0.3, 0.4) is 0 Å². The van der Waals surface area contributed by atoms with Crippen LogP contribution in [0.4, 0.5) is 18.9 Å². The minimum Gasteiger partial charge on any atom is -0.395 e. The molecule has 0 aromatic heterocycles. The van der Waals surface area contributed by atoms with Crippen molar-refractivity contribution in [2.45, 2.75) is 58.9 Å². The van der Waals surface area contributed by atoms with Gasteiger partial charge in [0.15, 0.2) is 15.6 Å². The molecule has 1 aliphatic heterocycles. The average Bonchev–Trinajstić information content (AvgIpc) is 3.29. The van der Waals surface area contributed by atoms with E-state index in [0.717, 1.165) is 39.4 Å². The predicted octanol–water partition coefficient (Wildman–Crippen LogP) is 9.56. The first-order valence-electron chi connectivity index (χ1n) is 21.1. The summed E-state index contributed by atoms with van der Waals surface area (Å²) in [6.45, 7) is 4.60. The van der Waals surface area contributed by atoms with Gasteiger partial charge in [0.05, 0.1) is 22.5 Å². The number of aliphatic hydroxyl groups is 2. The van der Waals surface area contributed by atoms with Crippen molar-refractivity contribution in [1.29, 1.82) is 0 Å². The Balaban J connectivity index is 1.14. The fraction of sp³-hybridized carbons (Fsp3) is 0.354. The molecule has 342 valence electrons. The lowest BCUT2D eigenvalue weighted by molar-refractivity contribution is -0.0436. The number of carbonyl (C=O) groups is 1. The topological polar surface area (TPSA) is 132 Å². The molecule has 2 N–H and O–H groups in total. The monoisotopic (exact) mass is 956 g/mol. The molecule has 0 saturated carbocycles. The van der Waals surface area contributed by atoms with Crippen LogP contribution < -0.4 is 4.90 Å². The first kappa shape index (κ1) is 49.2. The number of piperidine rings is 1. The molecule has 0 spiro atoms. The molecule has 1 fully saturated rings. The van der Waals surface area contributed by atoms with Crippen LogP contribution >= 0.6 is 23.4 Å². The minimum atomic E-state index is -6.00. The van der Waals surface area contributed by atoms with Gasteiger partial charge in [-0.1, -0.05) is 79.2 Å². The van der Waals surface area contributed by atoms with Crippen LogP contribution in [0.1, 0.15) is 53.8 Å². The van der Waals surface area contributed by atoms with E-state index in [0.29, 0.717) is 68.8 Å². The van der Waals surface area contributed by atoms with Crippen LogP contribution in [0, 0.1) is 11.8 Å². The predicted molar refractivity (Wildman–Crippen MR) is 247 cm³/mol. The van der Waals surface area contributed by atoms with Crippen molar-refractivity contribution < 1.29 is 45.0 Å². The number of sulfone groups is 2. The molecule has 0 amide bonds. The van der Waals surface area contributed by atoms with Crippen LogP contribution in [0.5, 0.6) is 0 Å². The van der Waals surface area contributed by atoms with Gasteiger partial charge in [-0.05, 0) is 134 Å². The lowest BCUT2D eigenvalue weighted by Gasteiger charge is -2.36. The van der Waals surface area contributed by atoms with E-state index < -0.39 is 52.6 Å². The van der Waals surface area contributed by atoms with E-state index in [1.54, 1.807) is 12.1 Å². The SMILES string of the molecule is CCN(CCO)CC[C@H](CSc1ccccc1)Cc1ccc(S(=O)(=O)CC(=O)c2ccc(N3CCC([C@@H](O)c4ccccc4-c4ccc(Cl)cc4)CC3)cc2)cc1S(=O)(=O)C(F)(F)F. The molecule has 0 bridgehead atoms. The van der Waals surface area contributed by atoms with Crippen molar-refractivity contribution in [1.82, 2.24) is 4.90 Å². The van der Waals surface area contributed by atoms with Gasteiger partial charge in [-0.3, -0.25) is 4.79 Å². The number of likely N-dealkylation sites (N-methyl/N-ethyl adjacent to an activating group) is 1. The summed E-state index contributed by atoms with van der Waals surface area (Å²) >= 11 is 7.57. The van der Waals surface area contributed by atoms with E-state index in [9.17, 15) is 45.0 Å². The Morgan fingerprint density at radius 1 is 0.875 bits per heavy atom. The summed E-state index contributed by atoms with van der Waals surface area (Å²) in [5.41, 5.74) is -2.31. The van der Waals surface area contributed by atoms with Crippen molar-refractivity contribution >= 4 is 54.5 Å². The second-order valence-electron chi connectivity index (χ2n) is 16.0. The number of Topliss-reactive ketones (excluding diaryl/α,β-unsaturated/α-hetero) is 1. The molecule has 1 heterocycles. The van der Waals surface area contributed by atoms with Crippen molar-refractivity contribution in [3.05, 3.63) is 143 Å². The number of aliphatic hydroxyl groups excluding tert-OH is 2. The average molecular weight is 958 g/mol. The van der Waals surface area contributed by atoms with Crippen molar-refractivity contribution in [2.75, 3.05) is 55.7 Å². The standard InChI is InChI=1S/C48H52ClF3N2O7S3/c1-2-53(28-29-55)25-22-34(32-62-41-8-4-3-5-9-41)30-38-16-21-42(31-46(38)64(60,61)48(50,51)52)63(58,59)33-45(56)36-14-19-40(20-15-36)54-26-23-37(24-27-54)47(57)44-11-7-6-10-43(44)35-12-17-39(49)18-13-35/h3-21,31,34,37,47,55,57H,2,22-30,32-33H2,1H3/t34-,47+/m0/s1. The maximum atomic E-state index is 14.2. The molecule has 1 aliphatic rings. The first-order valence-corrected chi connectivity index (χ1v) is 25.6. The summed E-state index contributed by atoms with van der Waals surface area (Å²) in [7, 11) is -10.6. The number of carbonyl (C=O) groups excluding carboxylic acids is 1. The fourth-order valence-corrected chi connectivity index (χ4v) is 11.6. The quantitative estimate of drug-likeness (QED) is 0.0575. The zero-order valence-electron chi connectivity index (χ0n) is 35.3. The molecule has 6 rings (SSSR count). The third kappa shape index (κ3) is 12.4. The summed E-state index contributed by atoms with van der Waals surface area (Å²) in [5.74, 6) is -1.80. The maximum absolute atomic E-state index is 14.2. The molecule has 2 atom stereocenters. The number of ketones is 1. The minimum absolute atomic E-state index is 0.00864. The summed E-state index contributed by atoms with van der Waals surface area (Å²) in [4.78, 5) is 16.6.